The van der Waals surface area contributed by atoms with E-state index < -0.39 is 0 Å². The molecule has 0 N–H and O–H groups in total. The largest absolute Gasteiger partial charge is 0.465 e. The van der Waals surface area contributed by atoms with Gasteiger partial charge in [-0.1, -0.05) is 0 Å². The van der Waals surface area contributed by atoms with Gasteiger partial charge in [0, 0.05) is 19.6 Å². The van der Waals surface area contributed by atoms with Crippen LogP contribution in [0.1, 0.15) is 37.7 Å². The topological polar surface area (TPSA) is 34.8 Å². The summed E-state index contributed by atoms with van der Waals surface area (Å²) in [7, 11) is 0. The van der Waals surface area contributed by atoms with Crippen LogP contribution in [0.25, 0.3) is 0 Å². The number of likely N-dealkylation sites (tertiary alicyclic amines) is 1. The molecule has 0 amide bonds. The Kier molecular flexibility index (Phi) is 4.15. The molecule has 1 aromatic heterocycles. The number of rotatable bonds is 4. The van der Waals surface area contributed by atoms with Crippen LogP contribution in [0.4, 0.5) is 0 Å². The van der Waals surface area contributed by atoms with Crippen LogP contribution in [0.15, 0.2) is 16.5 Å². The van der Waals surface area contributed by atoms with Crippen LogP contribution in [0.5, 0.6) is 0 Å². The lowest BCUT2D eigenvalue weighted by Crippen LogP contribution is -2.47. The second-order valence-electron chi connectivity index (χ2n) is 6.10. The third-order valence-corrected chi connectivity index (χ3v) is 4.37. The highest BCUT2D eigenvalue weighted by molar-refractivity contribution is 5.06. The first-order valence-corrected chi connectivity index (χ1v) is 7.72. The van der Waals surface area contributed by atoms with Crippen LogP contribution in [-0.2, 0) is 16.0 Å². The molecule has 20 heavy (non-hydrogen) atoms. The summed E-state index contributed by atoms with van der Waals surface area (Å²) < 4.78 is 17.5. The molecule has 1 spiro atoms. The van der Waals surface area contributed by atoms with E-state index in [0.717, 1.165) is 57.2 Å². The molecule has 1 aromatic rings. The second-order valence-corrected chi connectivity index (χ2v) is 6.10. The van der Waals surface area contributed by atoms with Gasteiger partial charge in [-0.15, -0.1) is 0 Å². The van der Waals surface area contributed by atoms with E-state index >= 15 is 0 Å². The first-order chi connectivity index (χ1) is 9.69. The molecule has 3 rings (SSSR count). The molecule has 2 atom stereocenters. The van der Waals surface area contributed by atoms with Gasteiger partial charge >= 0.3 is 0 Å². The van der Waals surface area contributed by atoms with Gasteiger partial charge in [0.15, 0.2) is 0 Å². The van der Waals surface area contributed by atoms with Crippen LogP contribution in [0, 0.1) is 6.92 Å². The SMILES string of the molecule is CCO[C@@H]1CO[C@@]2(CCCN(Cc3ccc(C)o3)C2)C1. The van der Waals surface area contributed by atoms with E-state index in [1.54, 1.807) is 0 Å². The number of furan rings is 1. The maximum absolute atomic E-state index is 6.12. The fourth-order valence-electron chi connectivity index (χ4n) is 3.55. The fourth-order valence-corrected chi connectivity index (χ4v) is 3.55. The molecule has 112 valence electrons. The van der Waals surface area contributed by atoms with Crippen molar-refractivity contribution < 1.29 is 13.9 Å². The Morgan fingerprint density at radius 1 is 1.45 bits per heavy atom. The Labute approximate surface area is 121 Å². The van der Waals surface area contributed by atoms with E-state index in [-0.39, 0.29) is 11.7 Å². The minimum Gasteiger partial charge on any atom is -0.465 e. The normalized spacial score (nSPS) is 31.2. The lowest BCUT2D eigenvalue weighted by atomic mass is 9.89. The van der Waals surface area contributed by atoms with E-state index in [4.69, 9.17) is 13.9 Å². The maximum Gasteiger partial charge on any atom is 0.118 e. The molecular formula is C16H25NO3. The van der Waals surface area contributed by atoms with Gasteiger partial charge in [-0.3, -0.25) is 4.90 Å². The van der Waals surface area contributed by atoms with E-state index in [9.17, 15) is 0 Å². The smallest absolute Gasteiger partial charge is 0.118 e. The summed E-state index contributed by atoms with van der Waals surface area (Å²) in [4.78, 5) is 2.45. The average Bonchev–Trinajstić information content (AvgIpc) is 2.98. The Morgan fingerprint density at radius 2 is 2.35 bits per heavy atom. The number of piperidine rings is 1. The van der Waals surface area contributed by atoms with E-state index in [1.807, 2.05) is 13.0 Å². The summed E-state index contributed by atoms with van der Waals surface area (Å²) in [6, 6.07) is 4.11. The van der Waals surface area contributed by atoms with Crippen LogP contribution in [0.3, 0.4) is 0 Å². The predicted octanol–water partition coefficient (Wildman–Crippen LogP) is 2.75. The zero-order chi connectivity index (χ0) is 14.0. The quantitative estimate of drug-likeness (QED) is 0.849. The number of ether oxygens (including phenoxy) is 2. The molecule has 2 aliphatic heterocycles. The van der Waals surface area contributed by atoms with Crippen molar-refractivity contribution in [1.29, 1.82) is 0 Å². The Balaban J connectivity index is 1.59. The standard InChI is InChI=1S/C16H25NO3/c1-3-18-15-9-16(19-11-15)7-4-8-17(12-16)10-14-6-5-13(2)20-14/h5-6,15H,3-4,7-12H2,1-2H3/t15-,16-/m0/s1. The van der Waals surface area contributed by atoms with Crippen LogP contribution in [0.2, 0.25) is 0 Å². The summed E-state index contributed by atoms with van der Waals surface area (Å²) in [5.74, 6) is 2.04. The van der Waals surface area contributed by atoms with Crippen molar-refractivity contribution in [3.63, 3.8) is 0 Å². The minimum atomic E-state index is 0.0136. The molecule has 4 nitrogen and oxygen atoms in total. The second kappa shape index (κ2) is 5.88. The van der Waals surface area contributed by atoms with Crippen LogP contribution in [-0.4, -0.2) is 42.9 Å². The van der Waals surface area contributed by atoms with Crippen molar-refractivity contribution in [1.82, 2.24) is 4.90 Å². The molecule has 0 aliphatic carbocycles. The number of hydrogen-bond donors (Lipinski definition) is 0. The molecule has 0 saturated carbocycles. The average molecular weight is 279 g/mol. The van der Waals surface area contributed by atoms with Crippen molar-refractivity contribution in [3.8, 4) is 0 Å². The van der Waals surface area contributed by atoms with Gasteiger partial charge in [0.25, 0.3) is 0 Å². The van der Waals surface area contributed by atoms with Crippen molar-refractivity contribution in [2.45, 2.75) is 51.4 Å². The van der Waals surface area contributed by atoms with E-state index in [2.05, 4.69) is 17.9 Å². The van der Waals surface area contributed by atoms with Gasteiger partial charge in [0.05, 0.1) is 24.9 Å². The summed E-state index contributed by atoms with van der Waals surface area (Å²) in [5, 5.41) is 0. The lowest BCUT2D eigenvalue weighted by molar-refractivity contribution is -0.0556. The zero-order valence-electron chi connectivity index (χ0n) is 12.6. The molecule has 0 radical (unpaired) electrons. The third-order valence-electron chi connectivity index (χ3n) is 4.37. The van der Waals surface area contributed by atoms with Gasteiger partial charge in [-0.05, 0) is 45.4 Å². The highest BCUT2D eigenvalue weighted by Crippen LogP contribution is 2.36. The Bertz CT molecular complexity index is 445. The maximum atomic E-state index is 6.12. The van der Waals surface area contributed by atoms with Crippen molar-refractivity contribution in [3.05, 3.63) is 23.7 Å². The Morgan fingerprint density at radius 3 is 3.10 bits per heavy atom. The van der Waals surface area contributed by atoms with Gasteiger partial charge < -0.3 is 13.9 Å². The molecule has 2 saturated heterocycles. The number of hydrogen-bond acceptors (Lipinski definition) is 4. The zero-order valence-corrected chi connectivity index (χ0v) is 12.6. The molecule has 0 bridgehead atoms. The first-order valence-electron chi connectivity index (χ1n) is 7.72. The van der Waals surface area contributed by atoms with Gasteiger partial charge in [0.1, 0.15) is 11.5 Å². The van der Waals surface area contributed by atoms with Gasteiger partial charge in [-0.2, -0.15) is 0 Å². The number of aryl methyl sites for hydroxylation is 1. The Hall–Kier alpha value is -0.840. The molecular weight excluding hydrogens is 254 g/mol. The lowest BCUT2D eigenvalue weighted by Gasteiger charge is -2.39. The molecule has 3 heterocycles. The van der Waals surface area contributed by atoms with Crippen LogP contribution >= 0.6 is 0 Å². The third kappa shape index (κ3) is 3.08. The summed E-state index contributed by atoms with van der Waals surface area (Å²) >= 11 is 0. The van der Waals surface area contributed by atoms with Gasteiger partial charge in [0.2, 0.25) is 0 Å². The van der Waals surface area contributed by atoms with E-state index in [1.165, 1.54) is 6.42 Å². The molecule has 2 aliphatic rings. The first kappa shape index (κ1) is 14.1. The molecule has 2 fully saturated rings. The summed E-state index contributed by atoms with van der Waals surface area (Å²) in [5.41, 5.74) is 0.0136. The highest BCUT2D eigenvalue weighted by atomic mass is 16.6. The van der Waals surface area contributed by atoms with Crippen molar-refractivity contribution in [2.24, 2.45) is 0 Å². The summed E-state index contributed by atoms with van der Waals surface area (Å²) in [6.45, 7) is 8.59. The summed E-state index contributed by atoms with van der Waals surface area (Å²) in [6.07, 6.45) is 3.67. The molecule has 0 aromatic carbocycles. The predicted molar refractivity (Wildman–Crippen MR) is 76.7 cm³/mol. The van der Waals surface area contributed by atoms with Crippen LogP contribution < -0.4 is 0 Å². The number of nitrogens with zero attached hydrogens (tertiary/aromatic N) is 1. The highest BCUT2D eigenvalue weighted by Gasteiger charge is 2.43. The molecule has 0 unspecified atom stereocenters. The van der Waals surface area contributed by atoms with E-state index in [0.29, 0.717) is 0 Å². The molecule has 4 heteroatoms. The monoisotopic (exact) mass is 279 g/mol. The van der Waals surface area contributed by atoms with Gasteiger partial charge in [-0.25, -0.2) is 0 Å². The van der Waals surface area contributed by atoms with Crippen molar-refractivity contribution in [2.75, 3.05) is 26.3 Å². The fraction of sp³-hybridized carbons (Fsp3) is 0.750. The van der Waals surface area contributed by atoms with Crippen molar-refractivity contribution >= 4 is 0 Å². The minimum absolute atomic E-state index is 0.0136.